The lowest BCUT2D eigenvalue weighted by Crippen LogP contribution is -2.41. The van der Waals surface area contributed by atoms with Crippen LogP contribution < -0.4 is 0 Å². The van der Waals surface area contributed by atoms with E-state index in [0.29, 0.717) is 16.9 Å². The number of hydrogen-bond donors (Lipinski definition) is 0. The highest BCUT2D eigenvalue weighted by atomic mass is 79.9. The van der Waals surface area contributed by atoms with Gasteiger partial charge < -0.3 is 0 Å². The zero-order valence-corrected chi connectivity index (χ0v) is 13.7. The van der Waals surface area contributed by atoms with Crippen LogP contribution >= 0.6 is 27.5 Å². The van der Waals surface area contributed by atoms with Crippen molar-refractivity contribution in [3.63, 3.8) is 0 Å². The molecule has 0 bridgehead atoms. The van der Waals surface area contributed by atoms with Crippen molar-refractivity contribution in [2.24, 2.45) is 0 Å². The first-order valence-corrected chi connectivity index (χ1v) is 9.33. The van der Waals surface area contributed by atoms with Gasteiger partial charge in [-0.1, -0.05) is 52.5 Å². The first-order chi connectivity index (χ1) is 9.07. The number of nitrogens with zero attached hydrogens (tertiary/aromatic N) is 1. The van der Waals surface area contributed by atoms with Crippen molar-refractivity contribution >= 4 is 37.6 Å². The van der Waals surface area contributed by atoms with Crippen LogP contribution in [-0.4, -0.2) is 30.6 Å². The van der Waals surface area contributed by atoms with E-state index in [1.54, 1.807) is 28.6 Å². The van der Waals surface area contributed by atoms with Crippen molar-refractivity contribution in [3.05, 3.63) is 29.3 Å². The number of halogens is 2. The fraction of sp³-hybridized carbons (Fsp3) is 0.538. The summed E-state index contributed by atoms with van der Waals surface area (Å²) in [5.41, 5.74) is 0. The number of rotatable bonds is 3. The van der Waals surface area contributed by atoms with Gasteiger partial charge in [-0.2, -0.15) is 4.31 Å². The van der Waals surface area contributed by atoms with E-state index in [2.05, 4.69) is 15.9 Å². The maximum atomic E-state index is 12.8. The number of benzene rings is 1. The summed E-state index contributed by atoms with van der Waals surface area (Å²) in [5, 5.41) is 0.955. The minimum atomic E-state index is -3.51. The predicted molar refractivity (Wildman–Crippen MR) is 81.4 cm³/mol. The molecule has 1 aliphatic rings. The second-order valence-corrected chi connectivity index (χ2v) is 7.62. The van der Waals surface area contributed by atoms with E-state index in [9.17, 15) is 8.42 Å². The van der Waals surface area contributed by atoms with E-state index in [-0.39, 0.29) is 10.9 Å². The molecule has 0 radical (unpaired) electrons. The summed E-state index contributed by atoms with van der Waals surface area (Å²) in [6, 6.07) is 6.66. The Balaban J connectivity index is 2.39. The molecule has 3 nitrogen and oxygen atoms in total. The summed E-state index contributed by atoms with van der Waals surface area (Å²) in [7, 11) is -3.51. The second kappa shape index (κ2) is 6.57. The van der Waals surface area contributed by atoms with Crippen molar-refractivity contribution in [2.75, 3.05) is 11.9 Å². The molecule has 19 heavy (non-hydrogen) atoms. The van der Waals surface area contributed by atoms with Crippen LogP contribution in [0.1, 0.15) is 25.7 Å². The maximum absolute atomic E-state index is 12.8. The fourth-order valence-electron chi connectivity index (χ4n) is 2.40. The van der Waals surface area contributed by atoms with Crippen molar-refractivity contribution in [1.82, 2.24) is 4.31 Å². The lowest BCUT2D eigenvalue weighted by Gasteiger charge is -2.28. The Labute approximate surface area is 128 Å². The van der Waals surface area contributed by atoms with Gasteiger partial charge in [0.1, 0.15) is 4.90 Å². The van der Waals surface area contributed by atoms with Crippen molar-refractivity contribution in [1.29, 1.82) is 0 Å². The molecule has 1 aromatic carbocycles. The molecule has 1 aromatic rings. The van der Waals surface area contributed by atoms with Gasteiger partial charge in [0.25, 0.3) is 0 Å². The van der Waals surface area contributed by atoms with Gasteiger partial charge in [-0.25, -0.2) is 8.42 Å². The Hall–Kier alpha value is -0.100. The summed E-state index contributed by atoms with van der Waals surface area (Å²) in [6.07, 6.45) is 3.96. The number of alkyl halides is 1. The minimum Gasteiger partial charge on any atom is -0.207 e. The summed E-state index contributed by atoms with van der Waals surface area (Å²) in [5.74, 6) is 0. The Morgan fingerprint density at radius 3 is 2.68 bits per heavy atom. The van der Waals surface area contributed by atoms with Crippen molar-refractivity contribution < 1.29 is 8.42 Å². The third-order valence-electron chi connectivity index (χ3n) is 3.42. The van der Waals surface area contributed by atoms with E-state index in [0.717, 1.165) is 25.7 Å². The van der Waals surface area contributed by atoms with Crippen LogP contribution in [0.4, 0.5) is 0 Å². The molecule has 0 spiro atoms. The van der Waals surface area contributed by atoms with Gasteiger partial charge in [0.15, 0.2) is 0 Å². The summed E-state index contributed by atoms with van der Waals surface area (Å²) < 4.78 is 27.1. The molecular weight excluding hydrogens is 350 g/mol. The third kappa shape index (κ3) is 3.32. The van der Waals surface area contributed by atoms with E-state index < -0.39 is 10.0 Å². The zero-order valence-electron chi connectivity index (χ0n) is 10.6. The smallest absolute Gasteiger partial charge is 0.207 e. The average Bonchev–Trinajstić information content (AvgIpc) is 2.64. The standard InChI is InChI=1S/C13H17BrClNO2S/c14-10-11-6-2-1-5-9-16(11)19(17,18)13-8-4-3-7-12(13)15/h3-4,7-8,11H,1-2,5-6,9-10H2. The molecule has 6 heteroatoms. The summed E-state index contributed by atoms with van der Waals surface area (Å²) in [4.78, 5) is 0.213. The zero-order chi connectivity index (χ0) is 13.9. The van der Waals surface area contributed by atoms with Crippen LogP contribution in [-0.2, 0) is 10.0 Å². The molecule has 2 rings (SSSR count). The third-order valence-corrected chi connectivity index (χ3v) is 6.62. The van der Waals surface area contributed by atoms with E-state index in [1.807, 2.05) is 0 Å². The molecular formula is C13H17BrClNO2S. The summed E-state index contributed by atoms with van der Waals surface area (Å²) >= 11 is 9.47. The molecule has 0 amide bonds. The van der Waals surface area contributed by atoms with Gasteiger partial charge >= 0.3 is 0 Å². The Morgan fingerprint density at radius 1 is 1.26 bits per heavy atom. The fourth-order valence-corrected chi connectivity index (χ4v) is 5.45. The molecule has 0 N–H and O–H groups in total. The monoisotopic (exact) mass is 365 g/mol. The number of hydrogen-bond acceptors (Lipinski definition) is 2. The van der Waals surface area contributed by atoms with Gasteiger partial charge in [-0.05, 0) is 25.0 Å². The largest absolute Gasteiger partial charge is 0.244 e. The van der Waals surface area contributed by atoms with Gasteiger partial charge in [-0.3, -0.25) is 0 Å². The molecule has 0 saturated carbocycles. The van der Waals surface area contributed by atoms with Gasteiger partial charge in [0.05, 0.1) is 5.02 Å². The normalized spacial score (nSPS) is 22.1. The van der Waals surface area contributed by atoms with Gasteiger partial charge in [0.2, 0.25) is 10.0 Å². The first kappa shape index (κ1) is 15.3. The van der Waals surface area contributed by atoms with Gasteiger partial charge in [0, 0.05) is 17.9 Å². The van der Waals surface area contributed by atoms with Crippen LogP contribution in [0, 0.1) is 0 Å². The molecule has 1 atom stereocenters. The molecule has 106 valence electrons. The highest BCUT2D eigenvalue weighted by Crippen LogP contribution is 2.29. The Morgan fingerprint density at radius 2 is 2.00 bits per heavy atom. The minimum absolute atomic E-state index is 0.0174. The lowest BCUT2D eigenvalue weighted by molar-refractivity contribution is 0.347. The van der Waals surface area contributed by atoms with Crippen molar-refractivity contribution in [2.45, 2.75) is 36.6 Å². The SMILES string of the molecule is O=S(=O)(c1ccccc1Cl)N1CCCCCC1CBr. The lowest BCUT2D eigenvalue weighted by atomic mass is 10.1. The van der Waals surface area contributed by atoms with Crippen LogP contribution in [0.5, 0.6) is 0 Å². The molecule has 1 unspecified atom stereocenters. The summed E-state index contributed by atoms with van der Waals surface area (Å²) in [6.45, 7) is 0.573. The second-order valence-electron chi connectivity index (χ2n) is 4.70. The van der Waals surface area contributed by atoms with Gasteiger partial charge in [-0.15, -0.1) is 0 Å². The molecule has 1 heterocycles. The van der Waals surface area contributed by atoms with E-state index in [1.165, 1.54) is 0 Å². The molecule has 0 aliphatic carbocycles. The number of sulfonamides is 1. The van der Waals surface area contributed by atoms with E-state index in [4.69, 9.17) is 11.6 Å². The molecule has 1 aliphatic heterocycles. The molecule has 1 saturated heterocycles. The first-order valence-electron chi connectivity index (χ1n) is 6.39. The molecule has 0 aromatic heterocycles. The van der Waals surface area contributed by atoms with Crippen molar-refractivity contribution in [3.8, 4) is 0 Å². The quantitative estimate of drug-likeness (QED) is 0.765. The van der Waals surface area contributed by atoms with E-state index >= 15 is 0 Å². The van der Waals surface area contributed by atoms with Crippen LogP contribution in [0.15, 0.2) is 29.2 Å². The van der Waals surface area contributed by atoms with Crippen LogP contribution in [0.25, 0.3) is 0 Å². The van der Waals surface area contributed by atoms with Crippen LogP contribution in [0.2, 0.25) is 5.02 Å². The highest BCUT2D eigenvalue weighted by molar-refractivity contribution is 9.09. The Kier molecular flexibility index (Phi) is 5.29. The maximum Gasteiger partial charge on any atom is 0.244 e. The Bertz CT molecular complexity index is 535. The topological polar surface area (TPSA) is 37.4 Å². The average molecular weight is 367 g/mol. The molecule has 1 fully saturated rings. The predicted octanol–water partition coefficient (Wildman–Crippen LogP) is 3.67. The highest BCUT2D eigenvalue weighted by Gasteiger charge is 2.32. The van der Waals surface area contributed by atoms with Crippen LogP contribution in [0.3, 0.4) is 0 Å².